The Morgan fingerprint density at radius 3 is 2.68 bits per heavy atom. The van der Waals surface area contributed by atoms with Crippen molar-refractivity contribution in [2.45, 2.75) is 46.1 Å². The predicted molar refractivity (Wildman–Crippen MR) is 79.1 cm³/mol. The van der Waals surface area contributed by atoms with Gasteiger partial charge in [0.05, 0.1) is 5.56 Å². The van der Waals surface area contributed by atoms with Crippen molar-refractivity contribution in [2.75, 3.05) is 12.3 Å². The summed E-state index contributed by atoms with van der Waals surface area (Å²) in [5.41, 5.74) is 8.32. The lowest BCUT2D eigenvalue weighted by molar-refractivity contribution is 0.0736. The van der Waals surface area contributed by atoms with E-state index in [1.807, 2.05) is 30.0 Å². The number of hydrogen-bond acceptors (Lipinski definition) is 2. The minimum absolute atomic E-state index is 0.101. The maximum Gasteiger partial charge on any atom is 0.256 e. The number of rotatable bonds is 5. The number of nitrogen functional groups attached to an aromatic ring is 1. The molecule has 19 heavy (non-hydrogen) atoms. The van der Waals surface area contributed by atoms with Crippen LogP contribution in [-0.4, -0.2) is 23.4 Å². The molecule has 2 N–H and O–H groups in total. The lowest BCUT2D eigenvalue weighted by atomic mass is 10.1. The van der Waals surface area contributed by atoms with E-state index in [2.05, 4.69) is 13.8 Å². The zero-order chi connectivity index (χ0) is 14.0. The van der Waals surface area contributed by atoms with Crippen LogP contribution in [0.1, 0.15) is 49.0 Å². The number of nitrogens with two attached hydrogens (primary N) is 1. The second-order valence-electron chi connectivity index (χ2n) is 5.95. The van der Waals surface area contributed by atoms with Gasteiger partial charge in [0.15, 0.2) is 0 Å². The number of nitrogens with zero attached hydrogens (tertiary/aromatic N) is 1. The topological polar surface area (TPSA) is 46.3 Å². The summed E-state index contributed by atoms with van der Waals surface area (Å²) in [4.78, 5) is 14.7. The number of anilines is 1. The van der Waals surface area contributed by atoms with Crippen molar-refractivity contribution in [1.29, 1.82) is 0 Å². The highest BCUT2D eigenvalue weighted by molar-refractivity contribution is 6.00. The SMILES string of the molecule is Cc1cccc(C(=O)N(CCC(C)C)C2CC2)c1N. The lowest BCUT2D eigenvalue weighted by Gasteiger charge is -2.24. The normalized spacial score (nSPS) is 14.7. The summed E-state index contributed by atoms with van der Waals surface area (Å²) in [5, 5.41) is 0. The Balaban J connectivity index is 2.17. The molecule has 1 aromatic carbocycles. The van der Waals surface area contributed by atoms with E-state index < -0.39 is 0 Å². The summed E-state index contributed by atoms with van der Waals surface area (Å²) < 4.78 is 0. The number of aryl methyl sites for hydroxylation is 1. The third-order valence-electron chi connectivity index (χ3n) is 3.75. The number of amides is 1. The first-order valence-electron chi connectivity index (χ1n) is 7.16. The molecule has 1 amide bonds. The second-order valence-corrected chi connectivity index (χ2v) is 5.95. The number of para-hydroxylation sites is 1. The molecule has 1 aliphatic rings. The van der Waals surface area contributed by atoms with Gasteiger partial charge in [-0.3, -0.25) is 4.79 Å². The summed E-state index contributed by atoms with van der Waals surface area (Å²) in [6.07, 6.45) is 3.32. The molecule has 0 spiro atoms. The molecule has 1 aromatic rings. The van der Waals surface area contributed by atoms with E-state index >= 15 is 0 Å². The maximum absolute atomic E-state index is 12.7. The fourth-order valence-corrected chi connectivity index (χ4v) is 2.26. The number of hydrogen-bond donors (Lipinski definition) is 1. The van der Waals surface area contributed by atoms with Crippen LogP contribution < -0.4 is 5.73 Å². The molecule has 1 fully saturated rings. The van der Waals surface area contributed by atoms with Crippen LogP contribution in [0.5, 0.6) is 0 Å². The van der Waals surface area contributed by atoms with E-state index in [0.717, 1.165) is 31.4 Å². The largest absolute Gasteiger partial charge is 0.398 e. The molecule has 2 rings (SSSR count). The quantitative estimate of drug-likeness (QED) is 0.826. The fraction of sp³-hybridized carbons (Fsp3) is 0.562. The predicted octanol–water partition coefficient (Wildman–Crippen LogP) is 3.23. The highest BCUT2D eigenvalue weighted by Crippen LogP contribution is 2.30. The van der Waals surface area contributed by atoms with Gasteiger partial charge in [-0.15, -0.1) is 0 Å². The molecule has 3 nitrogen and oxygen atoms in total. The Morgan fingerprint density at radius 1 is 1.42 bits per heavy atom. The van der Waals surface area contributed by atoms with Crippen molar-refractivity contribution >= 4 is 11.6 Å². The van der Waals surface area contributed by atoms with Gasteiger partial charge in [0.2, 0.25) is 0 Å². The van der Waals surface area contributed by atoms with E-state index in [0.29, 0.717) is 23.2 Å². The molecule has 0 saturated heterocycles. The van der Waals surface area contributed by atoms with Gasteiger partial charge in [-0.1, -0.05) is 26.0 Å². The van der Waals surface area contributed by atoms with Gasteiger partial charge in [0.25, 0.3) is 5.91 Å². The number of carbonyl (C=O) groups is 1. The van der Waals surface area contributed by atoms with E-state index in [-0.39, 0.29) is 5.91 Å². The van der Waals surface area contributed by atoms with Crippen molar-refractivity contribution in [2.24, 2.45) is 5.92 Å². The molecule has 1 aliphatic carbocycles. The van der Waals surface area contributed by atoms with Crippen molar-refractivity contribution in [3.05, 3.63) is 29.3 Å². The van der Waals surface area contributed by atoms with Crippen LogP contribution in [-0.2, 0) is 0 Å². The van der Waals surface area contributed by atoms with Crippen LogP contribution in [0.4, 0.5) is 5.69 Å². The Kier molecular flexibility index (Phi) is 4.13. The Hall–Kier alpha value is -1.51. The Bertz CT molecular complexity index is 464. The summed E-state index contributed by atoms with van der Waals surface area (Å²) in [6.45, 7) is 7.17. The molecule has 1 saturated carbocycles. The van der Waals surface area contributed by atoms with Crippen LogP contribution >= 0.6 is 0 Å². The average molecular weight is 260 g/mol. The van der Waals surface area contributed by atoms with Crippen molar-refractivity contribution < 1.29 is 4.79 Å². The standard InChI is InChI=1S/C16H24N2O/c1-11(2)9-10-18(13-7-8-13)16(19)14-6-4-5-12(3)15(14)17/h4-6,11,13H,7-10,17H2,1-3H3. The van der Waals surface area contributed by atoms with Crippen molar-refractivity contribution in [1.82, 2.24) is 4.90 Å². The molecule has 0 radical (unpaired) electrons. The van der Waals surface area contributed by atoms with Gasteiger partial charge in [0.1, 0.15) is 0 Å². The lowest BCUT2D eigenvalue weighted by Crippen LogP contribution is -2.35. The van der Waals surface area contributed by atoms with Crippen molar-refractivity contribution in [3.8, 4) is 0 Å². The van der Waals surface area contributed by atoms with Gasteiger partial charge >= 0.3 is 0 Å². The van der Waals surface area contributed by atoms with Crippen LogP contribution in [0, 0.1) is 12.8 Å². The molecule has 0 bridgehead atoms. The van der Waals surface area contributed by atoms with Gasteiger partial charge < -0.3 is 10.6 Å². The first-order chi connectivity index (χ1) is 9.00. The molecule has 0 heterocycles. The molecule has 104 valence electrons. The highest BCUT2D eigenvalue weighted by atomic mass is 16.2. The fourth-order valence-electron chi connectivity index (χ4n) is 2.26. The molecule has 0 unspecified atom stereocenters. The van der Waals surface area contributed by atoms with Crippen LogP contribution in [0.25, 0.3) is 0 Å². The minimum atomic E-state index is 0.101. The minimum Gasteiger partial charge on any atom is -0.398 e. The highest BCUT2D eigenvalue weighted by Gasteiger charge is 2.33. The summed E-state index contributed by atoms with van der Waals surface area (Å²) in [5.74, 6) is 0.716. The van der Waals surface area contributed by atoms with Crippen molar-refractivity contribution in [3.63, 3.8) is 0 Å². The first-order valence-corrected chi connectivity index (χ1v) is 7.16. The van der Waals surface area contributed by atoms with Crippen LogP contribution in [0.15, 0.2) is 18.2 Å². The summed E-state index contributed by atoms with van der Waals surface area (Å²) in [6, 6.07) is 6.13. The van der Waals surface area contributed by atoms with Crippen LogP contribution in [0.2, 0.25) is 0 Å². The second kappa shape index (κ2) is 5.64. The van der Waals surface area contributed by atoms with E-state index in [1.54, 1.807) is 0 Å². The average Bonchev–Trinajstić information content (AvgIpc) is 3.17. The van der Waals surface area contributed by atoms with Gasteiger partial charge in [-0.05, 0) is 43.7 Å². The van der Waals surface area contributed by atoms with E-state index in [1.165, 1.54) is 0 Å². The zero-order valence-corrected chi connectivity index (χ0v) is 12.1. The zero-order valence-electron chi connectivity index (χ0n) is 12.1. The molecular weight excluding hydrogens is 236 g/mol. The maximum atomic E-state index is 12.7. The summed E-state index contributed by atoms with van der Waals surface area (Å²) >= 11 is 0. The third-order valence-corrected chi connectivity index (χ3v) is 3.75. The van der Waals surface area contributed by atoms with Crippen LogP contribution in [0.3, 0.4) is 0 Å². The van der Waals surface area contributed by atoms with Gasteiger partial charge in [-0.25, -0.2) is 0 Å². The first kappa shape index (κ1) is 13.9. The number of carbonyl (C=O) groups excluding carboxylic acids is 1. The summed E-state index contributed by atoms with van der Waals surface area (Å²) in [7, 11) is 0. The van der Waals surface area contributed by atoms with Gasteiger partial charge in [-0.2, -0.15) is 0 Å². The Labute approximate surface area is 115 Å². The molecule has 0 aromatic heterocycles. The molecule has 3 heteroatoms. The molecule has 0 atom stereocenters. The molecular formula is C16H24N2O. The smallest absolute Gasteiger partial charge is 0.256 e. The Morgan fingerprint density at radius 2 is 2.11 bits per heavy atom. The van der Waals surface area contributed by atoms with Gasteiger partial charge in [0, 0.05) is 18.3 Å². The monoisotopic (exact) mass is 260 g/mol. The third kappa shape index (κ3) is 3.28. The van der Waals surface area contributed by atoms with E-state index in [4.69, 9.17) is 5.73 Å². The van der Waals surface area contributed by atoms with E-state index in [9.17, 15) is 4.79 Å². The molecule has 0 aliphatic heterocycles. The number of benzene rings is 1.